The zero-order valence-corrected chi connectivity index (χ0v) is 34.6. The fraction of sp³-hybridized carbons (Fsp3) is 0.854. The van der Waals surface area contributed by atoms with Gasteiger partial charge in [0.1, 0.15) is 43.2 Å². The summed E-state index contributed by atoms with van der Waals surface area (Å²) in [6, 6.07) is 0. The Kier molecular flexibility index (Phi) is 30.2. The molecule has 6 atom stereocenters. The van der Waals surface area contributed by atoms with Crippen molar-refractivity contribution in [3.8, 4) is 0 Å². The third-order valence-electron chi connectivity index (χ3n) is 9.78. The number of carbonyl (C=O) groups excluding carboxylic acids is 2. The molecule has 0 aromatic rings. The fourth-order valence-corrected chi connectivity index (χ4v) is 7.30. The number of esters is 2. The number of hydrogen-bond donors (Lipinski definition) is 6. The van der Waals surface area contributed by atoms with Crippen LogP contribution in [0.25, 0.3) is 0 Å². The molecule has 1 aliphatic rings. The minimum atomic E-state index is -5.11. The normalized spacial score (nSPS) is 23.3. The van der Waals surface area contributed by atoms with Crippen LogP contribution in [-0.4, -0.2) is 98.3 Å². The first kappa shape index (κ1) is 51.3. The molecule has 55 heavy (non-hydrogen) atoms. The van der Waals surface area contributed by atoms with Crippen molar-refractivity contribution in [3.05, 3.63) is 24.3 Å². The molecule has 6 unspecified atom stereocenters. The number of phosphoric ester groups is 1. The van der Waals surface area contributed by atoms with Gasteiger partial charge in [0, 0.05) is 12.8 Å². The predicted molar refractivity (Wildman–Crippen MR) is 212 cm³/mol. The fourth-order valence-electron chi connectivity index (χ4n) is 6.32. The third-order valence-corrected chi connectivity index (χ3v) is 10.8. The molecule has 0 heterocycles. The van der Waals surface area contributed by atoms with E-state index in [1.165, 1.54) is 51.4 Å². The van der Waals surface area contributed by atoms with Crippen molar-refractivity contribution in [1.82, 2.24) is 0 Å². The summed E-state index contributed by atoms with van der Waals surface area (Å²) in [5.74, 6) is -1.11. The van der Waals surface area contributed by atoms with Crippen molar-refractivity contribution < 1.29 is 63.1 Å². The van der Waals surface area contributed by atoms with Gasteiger partial charge in [0.25, 0.3) is 0 Å². The lowest BCUT2D eigenvalue weighted by molar-refractivity contribution is -0.220. The second kappa shape index (κ2) is 32.3. The molecule has 0 amide bonds. The molecule has 13 nitrogen and oxygen atoms in total. The molecule has 14 heteroatoms. The van der Waals surface area contributed by atoms with E-state index < -0.39 is 75.7 Å². The lowest BCUT2D eigenvalue weighted by Crippen LogP contribution is -2.64. The molecule has 1 saturated carbocycles. The largest absolute Gasteiger partial charge is 0.472 e. The molecule has 0 radical (unpaired) electrons. The summed E-state index contributed by atoms with van der Waals surface area (Å²) in [6.45, 7) is 3.20. The number of phosphoric acid groups is 1. The number of rotatable bonds is 34. The number of unbranched alkanes of at least 4 members (excludes halogenated alkanes) is 18. The van der Waals surface area contributed by atoms with Gasteiger partial charge in [-0.25, -0.2) is 4.57 Å². The molecule has 0 bridgehead atoms. The molecular weight excluding hydrogens is 731 g/mol. The first-order valence-corrected chi connectivity index (χ1v) is 22.6. The van der Waals surface area contributed by atoms with Gasteiger partial charge in [-0.3, -0.25) is 18.6 Å². The number of aliphatic hydroxyl groups excluding tert-OH is 5. The van der Waals surface area contributed by atoms with Gasteiger partial charge in [-0.05, 0) is 38.5 Å². The first-order chi connectivity index (χ1) is 26.4. The van der Waals surface area contributed by atoms with Crippen LogP contribution in [0.15, 0.2) is 24.3 Å². The molecule has 0 spiro atoms. The van der Waals surface area contributed by atoms with E-state index in [9.17, 15) is 44.6 Å². The van der Waals surface area contributed by atoms with Gasteiger partial charge in [-0.1, -0.05) is 141 Å². The highest BCUT2D eigenvalue weighted by Crippen LogP contribution is 2.47. The molecule has 0 aromatic carbocycles. The van der Waals surface area contributed by atoms with Gasteiger partial charge < -0.3 is 39.9 Å². The minimum absolute atomic E-state index is 0.0971. The van der Waals surface area contributed by atoms with Crippen LogP contribution in [0.2, 0.25) is 0 Å². The summed E-state index contributed by atoms with van der Waals surface area (Å²) in [5.41, 5.74) is 0. The van der Waals surface area contributed by atoms with Crippen LogP contribution >= 0.6 is 7.82 Å². The molecule has 0 saturated heterocycles. The van der Waals surface area contributed by atoms with Gasteiger partial charge in [-0.2, -0.15) is 0 Å². The summed E-state index contributed by atoms with van der Waals surface area (Å²) < 4.78 is 33.4. The summed E-state index contributed by atoms with van der Waals surface area (Å²) in [7, 11) is -5.11. The lowest BCUT2D eigenvalue weighted by Gasteiger charge is -2.41. The second-order valence-corrected chi connectivity index (χ2v) is 16.3. The summed E-state index contributed by atoms with van der Waals surface area (Å²) in [6.07, 6.45) is 19.6. The maximum Gasteiger partial charge on any atom is 0.472 e. The van der Waals surface area contributed by atoms with Crippen LogP contribution in [0.4, 0.5) is 0 Å². The highest BCUT2D eigenvalue weighted by Gasteiger charge is 2.51. The molecular formula is C41H75O13P. The minimum Gasteiger partial charge on any atom is -0.462 e. The van der Waals surface area contributed by atoms with Crippen molar-refractivity contribution in [1.29, 1.82) is 0 Å². The average Bonchev–Trinajstić information content (AvgIpc) is 3.16. The van der Waals surface area contributed by atoms with E-state index in [1.807, 2.05) is 0 Å². The Morgan fingerprint density at radius 2 is 1.02 bits per heavy atom. The Morgan fingerprint density at radius 1 is 0.564 bits per heavy atom. The van der Waals surface area contributed by atoms with E-state index in [1.54, 1.807) is 0 Å². The van der Waals surface area contributed by atoms with Gasteiger partial charge in [0.05, 0.1) is 6.61 Å². The Bertz CT molecular complexity index is 1070. The van der Waals surface area contributed by atoms with Gasteiger partial charge >= 0.3 is 19.8 Å². The van der Waals surface area contributed by atoms with Gasteiger partial charge in [0.15, 0.2) is 6.10 Å². The molecule has 0 aromatic heterocycles. The Hall–Kier alpha value is -1.67. The zero-order valence-electron chi connectivity index (χ0n) is 33.7. The Labute approximate surface area is 330 Å². The van der Waals surface area contributed by atoms with Crippen LogP contribution in [0, 0.1) is 0 Å². The Balaban J connectivity index is 2.51. The van der Waals surface area contributed by atoms with Crippen LogP contribution in [0.5, 0.6) is 0 Å². The zero-order chi connectivity index (χ0) is 40.7. The van der Waals surface area contributed by atoms with E-state index in [2.05, 4.69) is 38.2 Å². The number of carbonyl (C=O) groups is 2. The predicted octanol–water partition coefficient (Wildman–Crippen LogP) is 7.28. The summed E-state index contributed by atoms with van der Waals surface area (Å²) in [4.78, 5) is 35.5. The van der Waals surface area contributed by atoms with Crippen LogP contribution in [0.1, 0.15) is 168 Å². The van der Waals surface area contributed by atoms with E-state index in [0.717, 1.165) is 77.0 Å². The average molecular weight is 807 g/mol. The number of ether oxygens (including phenoxy) is 2. The van der Waals surface area contributed by atoms with Crippen LogP contribution < -0.4 is 0 Å². The summed E-state index contributed by atoms with van der Waals surface area (Å²) in [5, 5.41) is 50.0. The number of aliphatic hydroxyl groups is 5. The van der Waals surface area contributed by atoms with Crippen LogP contribution in [0.3, 0.4) is 0 Å². The highest BCUT2D eigenvalue weighted by molar-refractivity contribution is 7.47. The lowest BCUT2D eigenvalue weighted by atomic mass is 9.85. The SMILES string of the molecule is CCCC=CCC=CCCCCCCCC(=O)OCC(COP(=O)(O)OC1C(O)C(O)C(O)C(O)C1O)OC(=O)CCCCCCCCCCCCCCC. The second-order valence-electron chi connectivity index (χ2n) is 14.8. The van der Waals surface area contributed by atoms with Gasteiger partial charge in [0.2, 0.25) is 0 Å². The van der Waals surface area contributed by atoms with Crippen molar-refractivity contribution in [2.24, 2.45) is 0 Å². The smallest absolute Gasteiger partial charge is 0.462 e. The summed E-state index contributed by atoms with van der Waals surface area (Å²) >= 11 is 0. The topological polar surface area (TPSA) is 210 Å². The molecule has 322 valence electrons. The monoisotopic (exact) mass is 806 g/mol. The maximum atomic E-state index is 12.8. The number of hydrogen-bond acceptors (Lipinski definition) is 12. The Morgan fingerprint density at radius 3 is 1.55 bits per heavy atom. The molecule has 1 aliphatic carbocycles. The van der Waals surface area contributed by atoms with Crippen molar-refractivity contribution >= 4 is 19.8 Å². The quantitative estimate of drug-likeness (QED) is 0.0164. The standard InChI is InChI=1S/C41H75O13P/c1-3-5-7-9-11-13-15-17-19-21-23-25-27-29-34(42)51-31-33(32-52-55(49,50)54-41-39(47)37(45)36(44)38(46)40(41)48)53-35(43)30-28-26-24-22-20-18-16-14-12-10-8-6-4-2/h7,9,13,15,33,36-41,44-48H,3-6,8,10-12,14,16-32H2,1-2H3,(H,49,50). The van der Waals surface area contributed by atoms with Gasteiger partial charge in [-0.15, -0.1) is 0 Å². The van der Waals surface area contributed by atoms with E-state index in [-0.39, 0.29) is 12.8 Å². The number of allylic oxidation sites excluding steroid dienone is 4. The van der Waals surface area contributed by atoms with Crippen molar-refractivity contribution in [2.45, 2.75) is 211 Å². The molecule has 6 N–H and O–H groups in total. The van der Waals surface area contributed by atoms with Crippen molar-refractivity contribution in [2.75, 3.05) is 13.2 Å². The van der Waals surface area contributed by atoms with Crippen molar-refractivity contribution in [3.63, 3.8) is 0 Å². The molecule has 0 aliphatic heterocycles. The third kappa shape index (κ3) is 25.3. The van der Waals surface area contributed by atoms with E-state index in [0.29, 0.717) is 12.8 Å². The maximum absolute atomic E-state index is 12.8. The molecule has 1 fully saturated rings. The van der Waals surface area contributed by atoms with E-state index >= 15 is 0 Å². The van der Waals surface area contributed by atoms with Crippen LogP contribution in [-0.2, 0) is 32.7 Å². The first-order valence-electron chi connectivity index (χ1n) is 21.1. The highest BCUT2D eigenvalue weighted by atomic mass is 31.2. The molecule has 1 rings (SSSR count). The van der Waals surface area contributed by atoms with E-state index in [4.69, 9.17) is 18.5 Å².